The quantitative estimate of drug-likeness (QED) is 0.435. The van der Waals surface area contributed by atoms with E-state index in [-0.39, 0.29) is 5.82 Å². The number of hydrogen-bond acceptors (Lipinski definition) is 6. The number of halogens is 1. The van der Waals surface area contributed by atoms with Crippen molar-refractivity contribution >= 4 is 22.3 Å². The average molecular weight is 515 g/mol. The van der Waals surface area contributed by atoms with E-state index in [1.165, 1.54) is 12.0 Å². The van der Waals surface area contributed by atoms with Crippen molar-refractivity contribution in [3.05, 3.63) is 64.9 Å². The van der Waals surface area contributed by atoms with Gasteiger partial charge in [-0.3, -0.25) is 0 Å². The van der Waals surface area contributed by atoms with Crippen LogP contribution in [0.2, 0.25) is 0 Å². The molecule has 2 saturated heterocycles. The summed E-state index contributed by atoms with van der Waals surface area (Å²) >= 11 is 0. The second-order valence-corrected chi connectivity index (χ2v) is 10.9. The highest BCUT2D eigenvalue weighted by atomic mass is 19.1. The van der Waals surface area contributed by atoms with Crippen LogP contribution in [0.5, 0.6) is 6.01 Å². The maximum Gasteiger partial charge on any atom is 0.318 e. The summed E-state index contributed by atoms with van der Waals surface area (Å²) in [6.45, 7) is 12.8. The van der Waals surface area contributed by atoms with E-state index in [1.54, 1.807) is 6.07 Å². The first-order valence-electron chi connectivity index (χ1n) is 13.8. The summed E-state index contributed by atoms with van der Waals surface area (Å²) in [5.41, 5.74) is 3.19. The SMILES string of the molecule is [C-]#[N+]C[C@@H]1CCCN(c2nc(OC[C@@H]3CCCN3C)nc3c2CCN(c2ccc(F)c4ccccc24)C3)C1. The topological polar surface area (TPSA) is 49.1 Å². The molecule has 7 nitrogen and oxygen atoms in total. The lowest BCUT2D eigenvalue weighted by atomic mass is 9.96. The average Bonchev–Trinajstić information content (AvgIpc) is 3.36. The molecule has 1 aromatic heterocycles. The Morgan fingerprint density at radius 2 is 1.87 bits per heavy atom. The molecule has 38 heavy (non-hydrogen) atoms. The van der Waals surface area contributed by atoms with Crippen molar-refractivity contribution in [1.29, 1.82) is 0 Å². The number of piperidine rings is 1. The summed E-state index contributed by atoms with van der Waals surface area (Å²) in [6, 6.07) is 12.0. The van der Waals surface area contributed by atoms with Crippen LogP contribution in [0.4, 0.5) is 15.9 Å². The van der Waals surface area contributed by atoms with Crippen LogP contribution >= 0.6 is 0 Å². The van der Waals surface area contributed by atoms with Gasteiger partial charge in [0.15, 0.2) is 0 Å². The van der Waals surface area contributed by atoms with Crippen molar-refractivity contribution < 1.29 is 9.13 Å². The molecule has 0 N–H and O–H groups in total. The molecule has 198 valence electrons. The molecule has 0 spiro atoms. The highest BCUT2D eigenvalue weighted by molar-refractivity contribution is 5.94. The van der Waals surface area contributed by atoms with Crippen LogP contribution in [0.25, 0.3) is 15.6 Å². The fourth-order valence-corrected chi connectivity index (χ4v) is 6.34. The van der Waals surface area contributed by atoms with E-state index >= 15 is 0 Å². The van der Waals surface area contributed by atoms with Crippen LogP contribution in [0.1, 0.15) is 36.9 Å². The van der Waals surface area contributed by atoms with Crippen molar-refractivity contribution in [3.63, 3.8) is 0 Å². The monoisotopic (exact) mass is 514 g/mol. The number of likely N-dealkylation sites (tertiary alicyclic amines) is 1. The summed E-state index contributed by atoms with van der Waals surface area (Å²) in [7, 11) is 2.15. The molecule has 8 heteroatoms. The Morgan fingerprint density at radius 3 is 2.68 bits per heavy atom. The Morgan fingerprint density at radius 1 is 1.03 bits per heavy atom. The lowest BCUT2D eigenvalue weighted by Gasteiger charge is -2.36. The molecule has 2 atom stereocenters. The van der Waals surface area contributed by atoms with E-state index in [0.717, 1.165) is 74.4 Å². The Labute approximate surface area is 224 Å². The van der Waals surface area contributed by atoms with Gasteiger partial charge in [-0.2, -0.15) is 9.97 Å². The van der Waals surface area contributed by atoms with Crippen molar-refractivity contribution in [2.75, 3.05) is 56.2 Å². The number of nitrogens with zero attached hydrogens (tertiary/aromatic N) is 6. The minimum Gasteiger partial charge on any atom is -0.462 e. The molecule has 3 aromatic rings. The zero-order valence-electron chi connectivity index (χ0n) is 22.1. The third kappa shape index (κ3) is 4.88. The number of anilines is 2. The maximum atomic E-state index is 14.5. The molecule has 0 amide bonds. The summed E-state index contributed by atoms with van der Waals surface area (Å²) in [5, 5.41) is 1.56. The summed E-state index contributed by atoms with van der Waals surface area (Å²) in [5.74, 6) is 1.15. The van der Waals surface area contributed by atoms with Crippen LogP contribution in [0, 0.1) is 18.3 Å². The predicted molar refractivity (Wildman–Crippen MR) is 148 cm³/mol. The molecule has 6 rings (SSSR count). The van der Waals surface area contributed by atoms with E-state index in [4.69, 9.17) is 21.3 Å². The minimum absolute atomic E-state index is 0.196. The highest BCUT2D eigenvalue weighted by Crippen LogP contribution is 2.36. The normalized spacial score (nSPS) is 21.9. The van der Waals surface area contributed by atoms with Crippen LogP contribution in [-0.2, 0) is 13.0 Å². The van der Waals surface area contributed by atoms with Crippen molar-refractivity contribution in [3.8, 4) is 6.01 Å². The van der Waals surface area contributed by atoms with E-state index in [0.29, 0.717) is 43.1 Å². The number of hydrogen-bond donors (Lipinski definition) is 0. The van der Waals surface area contributed by atoms with Gasteiger partial charge in [-0.25, -0.2) is 11.0 Å². The van der Waals surface area contributed by atoms with Gasteiger partial charge >= 0.3 is 6.01 Å². The van der Waals surface area contributed by atoms with Gasteiger partial charge in [-0.05, 0) is 57.8 Å². The Bertz CT molecular complexity index is 1360. The molecular weight excluding hydrogens is 479 g/mol. The Balaban J connectivity index is 1.33. The van der Waals surface area contributed by atoms with E-state index in [9.17, 15) is 4.39 Å². The first-order valence-corrected chi connectivity index (χ1v) is 13.8. The van der Waals surface area contributed by atoms with E-state index in [1.807, 2.05) is 30.3 Å². The predicted octanol–water partition coefficient (Wildman–Crippen LogP) is 4.94. The number of rotatable bonds is 6. The van der Waals surface area contributed by atoms with Crippen molar-refractivity contribution in [1.82, 2.24) is 14.9 Å². The molecule has 4 heterocycles. The second-order valence-electron chi connectivity index (χ2n) is 10.9. The first-order chi connectivity index (χ1) is 18.6. The molecule has 2 aromatic carbocycles. The molecule has 0 aliphatic carbocycles. The second kappa shape index (κ2) is 10.7. The maximum absolute atomic E-state index is 14.5. The fourth-order valence-electron chi connectivity index (χ4n) is 6.34. The first kappa shape index (κ1) is 24.9. The number of ether oxygens (including phenoxy) is 1. The molecular formula is C30H35FN6O. The number of likely N-dealkylation sites (N-methyl/N-ethyl adjacent to an activating group) is 1. The zero-order valence-corrected chi connectivity index (χ0v) is 22.1. The molecule has 3 aliphatic heterocycles. The van der Waals surface area contributed by atoms with Crippen LogP contribution in [0.3, 0.4) is 0 Å². The summed E-state index contributed by atoms with van der Waals surface area (Å²) in [4.78, 5) is 20.6. The molecule has 0 radical (unpaired) electrons. The molecule has 2 fully saturated rings. The van der Waals surface area contributed by atoms with Gasteiger partial charge < -0.3 is 24.3 Å². The zero-order chi connectivity index (χ0) is 26.1. The largest absolute Gasteiger partial charge is 0.462 e. The third-order valence-electron chi connectivity index (χ3n) is 8.46. The molecule has 0 unspecified atom stereocenters. The van der Waals surface area contributed by atoms with Gasteiger partial charge in [0, 0.05) is 53.6 Å². The van der Waals surface area contributed by atoms with E-state index in [2.05, 4.69) is 26.6 Å². The number of aromatic nitrogens is 2. The van der Waals surface area contributed by atoms with Crippen LogP contribution in [-0.4, -0.2) is 67.3 Å². The molecule has 0 saturated carbocycles. The lowest BCUT2D eigenvalue weighted by Crippen LogP contribution is -2.39. The number of fused-ring (bicyclic) bond motifs is 2. The van der Waals surface area contributed by atoms with Gasteiger partial charge in [0.05, 0.1) is 12.2 Å². The van der Waals surface area contributed by atoms with E-state index < -0.39 is 0 Å². The lowest BCUT2D eigenvalue weighted by molar-refractivity contribution is 0.187. The van der Waals surface area contributed by atoms with Gasteiger partial charge in [-0.1, -0.05) is 24.3 Å². The van der Waals surface area contributed by atoms with Gasteiger partial charge in [0.2, 0.25) is 6.54 Å². The highest BCUT2D eigenvalue weighted by Gasteiger charge is 2.30. The summed E-state index contributed by atoms with van der Waals surface area (Å²) < 4.78 is 20.8. The van der Waals surface area contributed by atoms with Gasteiger partial charge in [-0.15, -0.1) is 0 Å². The smallest absolute Gasteiger partial charge is 0.318 e. The minimum atomic E-state index is -0.196. The standard InChI is InChI=1S/C30H35FN6O/c1-32-17-21-7-5-15-37(18-21)29-25-13-16-36(28-12-11-26(31)23-9-3-4-10-24(23)28)19-27(25)33-30(34-29)38-20-22-8-6-14-35(22)2/h3-4,9-12,21-22H,5-8,13-20H2,2H3/t21-,22-/m0/s1. The van der Waals surface area contributed by atoms with Crippen LogP contribution in [0.15, 0.2) is 36.4 Å². The van der Waals surface area contributed by atoms with Crippen molar-refractivity contribution in [2.45, 2.75) is 44.7 Å². The fraction of sp³-hybridized carbons (Fsp3) is 0.500. The van der Waals surface area contributed by atoms with Crippen LogP contribution < -0.4 is 14.5 Å². The molecule has 0 bridgehead atoms. The van der Waals surface area contributed by atoms with Gasteiger partial charge in [0.25, 0.3) is 0 Å². The summed E-state index contributed by atoms with van der Waals surface area (Å²) in [6.07, 6.45) is 5.29. The Kier molecular flexibility index (Phi) is 7.03. The third-order valence-corrected chi connectivity index (χ3v) is 8.46. The molecule has 3 aliphatic rings. The van der Waals surface area contributed by atoms with Crippen molar-refractivity contribution in [2.24, 2.45) is 5.92 Å². The van der Waals surface area contributed by atoms with Gasteiger partial charge in [0.1, 0.15) is 18.2 Å². The Hall–Kier alpha value is -3.44. The number of benzene rings is 2.